The van der Waals surface area contributed by atoms with Gasteiger partial charge in [-0.15, -0.1) is 0 Å². The summed E-state index contributed by atoms with van der Waals surface area (Å²) in [5.41, 5.74) is 17.1. The van der Waals surface area contributed by atoms with Crippen molar-refractivity contribution in [2.45, 2.75) is 32.1 Å². The Labute approximate surface area is 148 Å². The van der Waals surface area contributed by atoms with E-state index in [1.54, 1.807) is 0 Å². The molecule has 0 fully saturated rings. The van der Waals surface area contributed by atoms with Crippen molar-refractivity contribution in [1.29, 1.82) is 0 Å². The second kappa shape index (κ2) is 7.72. The summed E-state index contributed by atoms with van der Waals surface area (Å²) in [6.45, 7) is 1.06. The second-order valence-electron chi connectivity index (χ2n) is 6.55. The zero-order valence-electron chi connectivity index (χ0n) is 14.4. The van der Waals surface area contributed by atoms with E-state index in [4.69, 9.17) is 11.5 Å². The van der Waals surface area contributed by atoms with E-state index in [2.05, 4.69) is 0 Å². The van der Waals surface area contributed by atoms with Crippen molar-refractivity contribution >= 4 is 11.6 Å². The molecule has 2 aromatic rings. The first kappa shape index (κ1) is 17.5. The van der Waals surface area contributed by atoms with Crippen LogP contribution in [0.5, 0.6) is 0 Å². The van der Waals surface area contributed by atoms with Crippen LogP contribution in [0.4, 0.5) is 0 Å². The molecule has 0 radical (unpaired) electrons. The minimum Gasteiger partial charge on any atom is -0.330 e. The van der Waals surface area contributed by atoms with Crippen LogP contribution in [0.1, 0.15) is 57.5 Å². The number of hydrogen-bond acceptors (Lipinski definition) is 4. The molecule has 1 aliphatic rings. The minimum atomic E-state index is 0.141. The molecule has 1 aliphatic carbocycles. The maximum atomic E-state index is 12.2. The zero-order chi connectivity index (χ0) is 17.8. The molecule has 0 amide bonds. The van der Waals surface area contributed by atoms with Crippen LogP contribution >= 0.6 is 0 Å². The Balaban J connectivity index is 1.82. The van der Waals surface area contributed by atoms with Crippen molar-refractivity contribution in [3.8, 4) is 11.1 Å². The zero-order valence-corrected chi connectivity index (χ0v) is 14.4. The van der Waals surface area contributed by atoms with Crippen LogP contribution in [-0.2, 0) is 6.42 Å². The molecule has 0 bridgehead atoms. The number of hydrogen-bond donors (Lipinski definition) is 2. The van der Waals surface area contributed by atoms with Gasteiger partial charge in [0.05, 0.1) is 0 Å². The van der Waals surface area contributed by atoms with Gasteiger partial charge in [-0.2, -0.15) is 0 Å². The molecule has 0 unspecified atom stereocenters. The van der Waals surface area contributed by atoms with E-state index < -0.39 is 0 Å². The molecule has 0 aromatic heterocycles. The normalized spacial score (nSPS) is 11.9. The third kappa shape index (κ3) is 3.70. The van der Waals surface area contributed by atoms with Gasteiger partial charge in [-0.1, -0.05) is 24.3 Å². The summed E-state index contributed by atoms with van der Waals surface area (Å²) >= 11 is 0. The van der Waals surface area contributed by atoms with Crippen LogP contribution < -0.4 is 11.5 Å². The van der Waals surface area contributed by atoms with Gasteiger partial charge in [0.25, 0.3) is 0 Å². The summed E-state index contributed by atoms with van der Waals surface area (Å²) in [5.74, 6) is 0.281. The first-order valence-electron chi connectivity index (χ1n) is 8.87. The fraction of sp³-hybridized carbons (Fsp3) is 0.333. The topological polar surface area (TPSA) is 86.2 Å². The quantitative estimate of drug-likeness (QED) is 0.619. The van der Waals surface area contributed by atoms with Gasteiger partial charge in [0.2, 0.25) is 0 Å². The van der Waals surface area contributed by atoms with E-state index in [0.717, 1.165) is 39.8 Å². The van der Waals surface area contributed by atoms with E-state index in [0.29, 0.717) is 38.8 Å². The van der Waals surface area contributed by atoms with Crippen molar-refractivity contribution in [2.75, 3.05) is 13.1 Å². The molecule has 4 nitrogen and oxygen atoms in total. The van der Waals surface area contributed by atoms with E-state index >= 15 is 0 Å². The largest absolute Gasteiger partial charge is 0.330 e. The lowest BCUT2D eigenvalue weighted by Crippen LogP contribution is -2.05. The predicted molar refractivity (Wildman–Crippen MR) is 99.9 cm³/mol. The number of carbonyl (C=O) groups excluding carboxylic acids is 2. The predicted octanol–water partition coefficient (Wildman–Crippen LogP) is 3.10. The average molecular weight is 336 g/mol. The Bertz CT molecular complexity index is 744. The molecule has 130 valence electrons. The highest BCUT2D eigenvalue weighted by Crippen LogP contribution is 2.37. The first-order valence-corrected chi connectivity index (χ1v) is 8.87. The Morgan fingerprint density at radius 3 is 1.60 bits per heavy atom. The fourth-order valence-electron chi connectivity index (χ4n) is 3.37. The smallest absolute Gasteiger partial charge is 0.162 e. The molecule has 0 atom stereocenters. The number of nitrogens with two attached hydrogens (primary N) is 2. The fourth-order valence-corrected chi connectivity index (χ4v) is 3.37. The minimum absolute atomic E-state index is 0.141. The van der Waals surface area contributed by atoms with Gasteiger partial charge >= 0.3 is 0 Å². The van der Waals surface area contributed by atoms with E-state index in [1.807, 2.05) is 36.4 Å². The lowest BCUT2D eigenvalue weighted by Gasteiger charge is -2.05. The lowest BCUT2D eigenvalue weighted by atomic mass is 9.98. The standard InChI is InChI=1S/C21H24N2O2/c22-9-1-3-20(24)14-5-7-18-16(11-14)13-17-12-15(6-8-19(17)18)21(25)4-2-10-23/h5-8,11-12H,1-4,9-10,13,22-23H2. The van der Waals surface area contributed by atoms with Gasteiger partial charge < -0.3 is 11.5 Å². The Kier molecular flexibility index (Phi) is 5.41. The van der Waals surface area contributed by atoms with E-state index in [-0.39, 0.29) is 11.6 Å². The lowest BCUT2D eigenvalue weighted by molar-refractivity contribution is 0.0973. The van der Waals surface area contributed by atoms with Gasteiger partial charge in [-0.25, -0.2) is 0 Å². The molecule has 0 aliphatic heterocycles. The van der Waals surface area contributed by atoms with Gasteiger partial charge in [0.15, 0.2) is 11.6 Å². The number of ketones is 2. The highest BCUT2D eigenvalue weighted by atomic mass is 16.1. The number of carbonyl (C=O) groups is 2. The number of rotatable bonds is 8. The molecular formula is C21H24N2O2. The second-order valence-corrected chi connectivity index (χ2v) is 6.55. The molecular weight excluding hydrogens is 312 g/mol. The van der Waals surface area contributed by atoms with Gasteiger partial charge in [0, 0.05) is 24.0 Å². The van der Waals surface area contributed by atoms with Gasteiger partial charge in [-0.3, -0.25) is 9.59 Å². The van der Waals surface area contributed by atoms with Crippen LogP contribution in [0.15, 0.2) is 36.4 Å². The molecule has 0 saturated heterocycles. The Hall–Kier alpha value is -2.30. The van der Waals surface area contributed by atoms with Crippen LogP contribution in [0.3, 0.4) is 0 Å². The van der Waals surface area contributed by atoms with Gasteiger partial charge in [0.1, 0.15) is 0 Å². The first-order chi connectivity index (χ1) is 12.1. The Morgan fingerprint density at radius 2 is 1.20 bits per heavy atom. The molecule has 0 saturated carbocycles. The van der Waals surface area contributed by atoms with Crippen molar-refractivity contribution < 1.29 is 9.59 Å². The number of fused-ring (bicyclic) bond motifs is 3. The van der Waals surface area contributed by atoms with Crippen LogP contribution in [0.25, 0.3) is 11.1 Å². The van der Waals surface area contributed by atoms with Gasteiger partial charge in [-0.05, 0) is 66.7 Å². The highest BCUT2D eigenvalue weighted by Gasteiger charge is 2.21. The van der Waals surface area contributed by atoms with Crippen LogP contribution in [0, 0.1) is 0 Å². The van der Waals surface area contributed by atoms with E-state index in [9.17, 15) is 9.59 Å². The monoisotopic (exact) mass is 336 g/mol. The van der Waals surface area contributed by atoms with Crippen molar-refractivity contribution in [1.82, 2.24) is 0 Å². The average Bonchev–Trinajstić information content (AvgIpc) is 3.00. The molecule has 4 heteroatoms. The van der Waals surface area contributed by atoms with Crippen LogP contribution in [-0.4, -0.2) is 24.7 Å². The molecule has 4 N–H and O–H groups in total. The summed E-state index contributed by atoms with van der Waals surface area (Å²) in [6, 6.07) is 11.8. The summed E-state index contributed by atoms with van der Waals surface area (Å²) in [4.78, 5) is 24.4. The highest BCUT2D eigenvalue weighted by molar-refractivity contribution is 5.99. The molecule has 2 aromatic carbocycles. The van der Waals surface area contributed by atoms with Crippen molar-refractivity contribution in [3.05, 3.63) is 58.7 Å². The number of benzene rings is 2. The van der Waals surface area contributed by atoms with E-state index in [1.165, 1.54) is 0 Å². The van der Waals surface area contributed by atoms with Crippen molar-refractivity contribution in [2.24, 2.45) is 11.5 Å². The van der Waals surface area contributed by atoms with Crippen LogP contribution in [0.2, 0.25) is 0 Å². The molecule has 3 rings (SSSR count). The third-order valence-electron chi connectivity index (χ3n) is 4.74. The SMILES string of the molecule is NCCCC(=O)c1ccc2c(c1)Cc1cc(C(=O)CCCN)ccc1-2. The molecule has 25 heavy (non-hydrogen) atoms. The summed E-state index contributed by atoms with van der Waals surface area (Å²) in [6.07, 6.45) is 3.17. The molecule has 0 heterocycles. The maximum absolute atomic E-state index is 12.2. The summed E-state index contributed by atoms with van der Waals surface area (Å²) in [7, 11) is 0. The summed E-state index contributed by atoms with van der Waals surface area (Å²) in [5, 5.41) is 0. The van der Waals surface area contributed by atoms with Crippen molar-refractivity contribution in [3.63, 3.8) is 0 Å². The summed E-state index contributed by atoms with van der Waals surface area (Å²) < 4.78 is 0. The third-order valence-corrected chi connectivity index (χ3v) is 4.74. The maximum Gasteiger partial charge on any atom is 0.162 e. The number of Topliss-reactive ketones (excluding diaryl/α,β-unsaturated/α-hetero) is 2. The molecule has 0 spiro atoms. The Morgan fingerprint density at radius 1 is 0.760 bits per heavy atom.